The second-order valence-electron chi connectivity index (χ2n) is 5.52. The van der Waals surface area contributed by atoms with Crippen molar-refractivity contribution in [2.24, 2.45) is 0 Å². The lowest BCUT2D eigenvalue weighted by atomic mass is 10.0. The molecule has 0 aliphatic heterocycles. The summed E-state index contributed by atoms with van der Waals surface area (Å²) in [5.74, 6) is 0. The van der Waals surface area contributed by atoms with E-state index in [0.717, 1.165) is 0 Å². The molecule has 112 valence electrons. The lowest BCUT2D eigenvalue weighted by molar-refractivity contribution is 0.0121. The molecule has 0 aromatic carbocycles. The number of amides is 1. The molecule has 0 saturated carbocycles. The van der Waals surface area contributed by atoms with Gasteiger partial charge in [-0.05, 0) is 33.3 Å². The monoisotopic (exact) mass is 282 g/mol. The minimum absolute atomic E-state index is 0.216. The topological polar surface area (TPSA) is 91.7 Å². The zero-order chi connectivity index (χ0) is 15.2. The van der Waals surface area contributed by atoms with E-state index in [2.05, 4.69) is 10.3 Å². The molecular weight excluding hydrogens is 260 g/mol. The van der Waals surface area contributed by atoms with Crippen LogP contribution in [0, 0.1) is 0 Å². The Morgan fingerprint density at radius 2 is 2.15 bits per heavy atom. The Kier molecular flexibility index (Phi) is 5.91. The van der Waals surface area contributed by atoms with Crippen LogP contribution in [0.2, 0.25) is 0 Å². The molecule has 2 unspecified atom stereocenters. The molecule has 0 bridgehead atoms. The highest BCUT2D eigenvalue weighted by atomic mass is 16.6. The standard InChI is InChI=1S/C14H22N2O4/c1-14(2,3)20-13(19)16-8-6-11(17)12(18)10-5-4-7-15-9-10/h4-5,7,9,11-12,17-18H,6,8H2,1-3H3,(H,16,19). The maximum absolute atomic E-state index is 11.4. The van der Waals surface area contributed by atoms with Crippen molar-refractivity contribution in [3.05, 3.63) is 30.1 Å². The lowest BCUT2D eigenvalue weighted by Gasteiger charge is -2.21. The molecule has 0 fully saturated rings. The van der Waals surface area contributed by atoms with E-state index in [0.29, 0.717) is 5.56 Å². The first kappa shape index (κ1) is 16.4. The summed E-state index contributed by atoms with van der Waals surface area (Å²) >= 11 is 0. The van der Waals surface area contributed by atoms with Crippen LogP contribution < -0.4 is 5.32 Å². The van der Waals surface area contributed by atoms with E-state index in [4.69, 9.17) is 4.74 Å². The fourth-order valence-electron chi connectivity index (χ4n) is 1.57. The van der Waals surface area contributed by atoms with Gasteiger partial charge in [-0.25, -0.2) is 4.79 Å². The minimum atomic E-state index is -1.02. The molecule has 1 rings (SSSR count). The summed E-state index contributed by atoms with van der Waals surface area (Å²) in [6.45, 7) is 5.53. The Hall–Kier alpha value is -1.66. The van der Waals surface area contributed by atoms with E-state index in [1.807, 2.05) is 0 Å². The van der Waals surface area contributed by atoms with Crippen molar-refractivity contribution in [1.29, 1.82) is 0 Å². The highest BCUT2D eigenvalue weighted by Gasteiger charge is 2.19. The normalized spacial score (nSPS) is 14.4. The largest absolute Gasteiger partial charge is 0.444 e. The Balaban J connectivity index is 2.33. The number of carbonyl (C=O) groups is 1. The summed E-state index contributed by atoms with van der Waals surface area (Å²) in [6.07, 6.45) is 0.760. The van der Waals surface area contributed by atoms with Gasteiger partial charge in [0.15, 0.2) is 0 Å². The molecule has 0 radical (unpaired) electrons. The molecule has 1 heterocycles. The number of nitrogens with one attached hydrogen (secondary N) is 1. The smallest absolute Gasteiger partial charge is 0.407 e. The summed E-state index contributed by atoms with van der Waals surface area (Å²) in [5.41, 5.74) is -0.0185. The van der Waals surface area contributed by atoms with E-state index in [1.54, 1.807) is 39.1 Å². The summed E-state index contributed by atoms with van der Waals surface area (Å²) in [6, 6.07) is 3.37. The number of pyridine rings is 1. The Morgan fingerprint density at radius 1 is 1.45 bits per heavy atom. The van der Waals surface area contributed by atoms with Crippen LogP contribution in [0.25, 0.3) is 0 Å². The van der Waals surface area contributed by atoms with Crippen LogP contribution in [0.4, 0.5) is 4.79 Å². The van der Waals surface area contributed by atoms with Crippen LogP contribution >= 0.6 is 0 Å². The Bertz CT molecular complexity index is 417. The van der Waals surface area contributed by atoms with Gasteiger partial charge in [0.2, 0.25) is 0 Å². The number of aromatic nitrogens is 1. The van der Waals surface area contributed by atoms with E-state index < -0.39 is 23.9 Å². The van der Waals surface area contributed by atoms with E-state index in [1.165, 1.54) is 6.20 Å². The number of rotatable bonds is 5. The molecule has 1 aromatic heterocycles. The number of alkyl carbamates (subject to hydrolysis) is 1. The van der Waals surface area contributed by atoms with Gasteiger partial charge in [-0.1, -0.05) is 6.07 Å². The molecule has 3 N–H and O–H groups in total. The van der Waals surface area contributed by atoms with E-state index >= 15 is 0 Å². The molecule has 0 saturated heterocycles. The van der Waals surface area contributed by atoms with E-state index in [9.17, 15) is 15.0 Å². The zero-order valence-electron chi connectivity index (χ0n) is 12.0. The molecule has 0 aliphatic carbocycles. The predicted molar refractivity (Wildman–Crippen MR) is 74.1 cm³/mol. The van der Waals surface area contributed by atoms with Crippen LogP contribution in [0.5, 0.6) is 0 Å². The summed E-state index contributed by atoms with van der Waals surface area (Å²) in [5, 5.41) is 22.3. The van der Waals surface area contributed by atoms with Gasteiger partial charge in [-0.2, -0.15) is 0 Å². The van der Waals surface area contributed by atoms with Gasteiger partial charge in [0.25, 0.3) is 0 Å². The second-order valence-corrected chi connectivity index (χ2v) is 5.52. The molecule has 1 amide bonds. The number of nitrogens with zero attached hydrogens (tertiary/aromatic N) is 1. The fraction of sp³-hybridized carbons (Fsp3) is 0.571. The Labute approximate surface area is 118 Å². The lowest BCUT2D eigenvalue weighted by Crippen LogP contribution is -2.34. The third kappa shape index (κ3) is 5.99. The van der Waals surface area contributed by atoms with Crippen LogP contribution in [0.1, 0.15) is 38.9 Å². The summed E-state index contributed by atoms with van der Waals surface area (Å²) < 4.78 is 5.06. The molecule has 0 spiro atoms. The van der Waals surface area contributed by atoms with Gasteiger partial charge in [0.1, 0.15) is 11.7 Å². The fourth-order valence-corrected chi connectivity index (χ4v) is 1.57. The highest BCUT2D eigenvalue weighted by molar-refractivity contribution is 5.67. The number of aliphatic hydroxyl groups excluding tert-OH is 2. The van der Waals surface area contributed by atoms with Crippen LogP contribution in [-0.2, 0) is 4.74 Å². The van der Waals surface area contributed by atoms with Gasteiger partial charge < -0.3 is 20.3 Å². The van der Waals surface area contributed by atoms with Gasteiger partial charge >= 0.3 is 6.09 Å². The first-order valence-electron chi connectivity index (χ1n) is 6.52. The molecule has 2 atom stereocenters. The highest BCUT2D eigenvalue weighted by Crippen LogP contribution is 2.17. The number of carbonyl (C=O) groups excluding carboxylic acids is 1. The van der Waals surface area contributed by atoms with Crippen molar-refractivity contribution >= 4 is 6.09 Å². The Morgan fingerprint density at radius 3 is 2.70 bits per heavy atom. The second kappa shape index (κ2) is 7.21. The SMILES string of the molecule is CC(C)(C)OC(=O)NCCC(O)C(O)c1cccnc1. The van der Waals surface area contributed by atoms with Crippen molar-refractivity contribution in [1.82, 2.24) is 10.3 Å². The van der Waals surface area contributed by atoms with Gasteiger partial charge in [0.05, 0.1) is 6.10 Å². The zero-order valence-corrected chi connectivity index (χ0v) is 12.0. The van der Waals surface area contributed by atoms with Gasteiger partial charge in [-0.15, -0.1) is 0 Å². The van der Waals surface area contributed by atoms with Gasteiger partial charge in [0, 0.05) is 24.5 Å². The molecule has 0 aliphatic rings. The molecular formula is C14H22N2O4. The number of hydrogen-bond donors (Lipinski definition) is 3. The number of aliphatic hydroxyl groups is 2. The van der Waals surface area contributed by atoms with E-state index in [-0.39, 0.29) is 13.0 Å². The third-order valence-electron chi connectivity index (χ3n) is 2.50. The molecule has 20 heavy (non-hydrogen) atoms. The first-order chi connectivity index (χ1) is 9.29. The quantitative estimate of drug-likeness (QED) is 0.759. The minimum Gasteiger partial charge on any atom is -0.444 e. The number of hydrogen-bond acceptors (Lipinski definition) is 5. The van der Waals surface area contributed by atoms with Gasteiger partial charge in [-0.3, -0.25) is 4.98 Å². The average molecular weight is 282 g/mol. The maximum atomic E-state index is 11.4. The molecule has 6 heteroatoms. The molecule has 1 aromatic rings. The van der Waals surface area contributed by atoms with Crippen molar-refractivity contribution in [2.75, 3.05) is 6.54 Å². The van der Waals surface area contributed by atoms with Crippen molar-refractivity contribution in [3.63, 3.8) is 0 Å². The number of ether oxygens (including phenoxy) is 1. The first-order valence-corrected chi connectivity index (χ1v) is 6.52. The van der Waals surface area contributed by atoms with Crippen molar-refractivity contribution in [2.45, 2.75) is 45.0 Å². The molecule has 6 nitrogen and oxygen atoms in total. The summed E-state index contributed by atoms with van der Waals surface area (Å²) in [4.78, 5) is 15.3. The maximum Gasteiger partial charge on any atom is 0.407 e. The van der Waals surface area contributed by atoms with Crippen molar-refractivity contribution in [3.8, 4) is 0 Å². The van der Waals surface area contributed by atoms with Crippen molar-refractivity contribution < 1.29 is 19.7 Å². The summed E-state index contributed by atoms with van der Waals surface area (Å²) in [7, 11) is 0. The predicted octanol–water partition coefficient (Wildman–Crippen LogP) is 1.39. The average Bonchev–Trinajstić information content (AvgIpc) is 2.36. The van der Waals surface area contributed by atoms with Crippen LogP contribution in [-0.4, -0.2) is 39.5 Å². The van der Waals surface area contributed by atoms with Crippen LogP contribution in [0.15, 0.2) is 24.5 Å². The van der Waals surface area contributed by atoms with Crippen LogP contribution in [0.3, 0.4) is 0 Å². The third-order valence-corrected chi connectivity index (χ3v) is 2.50.